The Labute approximate surface area is 335 Å². The summed E-state index contributed by atoms with van der Waals surface area (Å²) in [5.41, 5.74) is 15.9. The van der Waals surface area contributed by atoms with Crippen molar-refractivity contribution < 1.29 is 8.83 Å². The molecule has 3 heteroatoms. The van der Waals surface area contributed by atoms with Gasteiger partial charge in [0.25, 0.3) is 0 Å². The monoisotopic (exact) mass is 741 g/mol. The van der Waals surface area contributed by atoms with E-state index in [0.717, 1.165) is 72.1 Å². The van der Waals surface area contributed by atoms with Crippen LogP contribution in [0.4, 0.5) is 17.1 Å². The quantitative estimate of drug-likeness (QED) is 0.170. The van der Waals surface area contributed by atoms with Crippen molar-refractivity contribution in [3.63, 3.8) is 0 Å². The number of para-hydroxylation sites is 3. The smallest absolute Gasteiger partial charge is 0.143 e. The summed E-state index contributed by atoms with van der Waals surface area (Å²) in [7, 11) is 0. The Morgan fingerprint density at radius 2 is 0.914 bits per heavy atom. The predicted octanol–water partition coefficient (Wildman–Crippen LogP) is 15.0. The van der Waals surface area contributed by atoms with Gasteiger partial charge in [-0.2, -0.15) is 0 Å². The molecule has 0 aliphatic heterocycles. The molecule has 11 aromatic rings. The van der Waals surface area contributed by atoms with Crippen LogP contribution < -0.4 is 4.90 Å². The zero-order chi connectivity index (χ0) is 38.2. The Bertz CT molecular complexity index is 3290. The summed E-state index contributed by atoms with van der Waals surface area (Å²) in [5, 5.41) is 4.45. The van der Waals surface area contributed by atoms with Gasteiger partial charge in [-0.15, -0.1) is 0 Å². The minimum atomic E-state index is -0.487. The van der Waals surface area contributed by atoms with Crippen LogP contribution in [0.2, 0.25) is 0 Å². The van der Waals surface area contributed by atoms with Crippen LogP contribution in [0.1, 0.15) is 22.3 Å². The van der Waals surface area contributed by atoms with Gasteiger partial charge in [-0.3, -0.25) is 0 Å². The van der Waals surface area contributed by atoms with Gasteiger partial charge in [0.1, 0.15) is 22.3 Å². The SMILES string of the molecule is c1ccc(N(c2ccc(-c3cccc4c3oc3ccccc34)cc2)c2ccc3oc4cc5c(cc4c3c2)-c2ccccc2C5(c2ccccc2)c2ccccc2)cc1. The highest BCUT2D eigenvalue weighted by Gasteiger charge is 2.46. The molecule has 9 aromatic carbocycles. The molecule has 3 nitrogen and oxygen atoms in total. The fourth-order valence-corrected chi connectivity index (χ4v) is 9.63. The summed E-state index contributed by atoms with van der Waals surface area (Å²) in [4.78, 5) is 2.32. The van der Waals surface area contributed by atoms with E-state index in [4.69, 9.17) is 8.83 Å². The van der Waals surface area contributed by atoms with Crippen LogP contribution in [0, 0.1) is 0 Å². The maximum Gasteiger partial charge on any atom is 0.143 e. The highest BCUT2D eigenvalue weighted by molar-refractivity contribution is 6.11. The molecular weight excluding hydrogens is 707 g/mol. The third-order valence-corrected chi connectivity index (χ3v) is 12.1. The molecule has 0 spiro atoms. The van der Waals surface area contributed by atoms with Gasteiger partial charge in [0.05, 0.1) is 5.41 Å². The maximum atomic E-state index is 6.78. The highest BCUT2D eigenvalue weighted by Crippen LogP contribution is 2.57. The number of fused-ring (bicyclic) bond motifs is 9. The standard InChI is InChI=1S/C55H35NO2/c1-4-15-37(16-5-1)55(38-17-6-2-7-18-38)49-25-12-10-21-43(49)46-34-48-47-33-41(31-32-52(47)57-53(48)35-50(46)55)56(39-19-8-3-9-20-39)40-29-27-36(28-30-40)42-23-14-24-45-44-22-11-13-26-51(44)58-54(42)45/h1-35H. The number of nitrogens with zero attached hydrogens (tertiary/aromatic N) is 1. The average molecular weight is 742 g/mol. The molecular formula is C55H35NO2. The molecule has 1 aliphatic rings. The molecule has 0 N–H and O–H groups in total. The minimum Gasteiger partial charge on any atom is -0.456 e. The molecule has 12 rings (SSSR count). The van der Waals surface area contributed by atoms with Crippen molar-refractivity contribution in [2.24, 2.45) is 0 Å². The summed E-state index contributed by atoms with van der Waals surface area (Å²) in [6, 6.07) is 76.0. The van der Waals surface area contributed by atoms with Crippen molar-refractivity contribution in [1.29, 1.82) is 0 Å². The van der Waals surface area contributed by atoms with Gasteiger partial charge < -0.3 is 13.7 Å². The fraction of sp³-hybridized carbons (Fsp3) is 0.0182. The predicted molar refractivity (Wildman–Crippen MR) is 238 cm³/mol. The van der Waals surface area contributed by atoms with E-state index in [2.05, 4.69) is 205 Å². The molecule has 2 heterocycles. The molecule has 0 radical (unpaired) electrons. The average Bonchev–Trinajstić information content (AvgIpc) is 3.95. The van der Waals surface area contributed by atoms with E-state index in [1.807, 2.05) is 12.1 Å². The number of rotatable bonds is 6. The first-order valence-corrected chi connectivity index (χ1v) is 19.8. The highest BCUT2D eigenvalue weighted by atomic mass is 16.3. The summed E-state index contributed by atoms with van der Waals surface area (Å²) >= 11 is 0. The van der Waals surface area contributed by atoms with Gasteiger partial charge in [-0.1, -0.05) is 152 Å². The van der Waals surface area contributed by atoms with E-state index in [-0.39, 0.29) is 0 Å². The maximum absolute atomic E-state index is 6.78. The summed E-state index contributed by atoms with van der Waals surface area (Å²) in [5.74, 6) is 0. The van der Waals surface area contributed by atoms with E-state index in [0.29, 0.717) is 0 Å². The van der Waals surface area contributed by atoms with E-state index >= 15 is 0 Å². The van der Waals surface area contributed by atoms with Crippen LogP contribution in [-0.2, 0) is 5.41 Å². The molecule has 1 aliphatic carbocycles. The van der Waals surface area contributed by atoms with Gasteiger partial charge in [-0.25, -0.2) is 0 Å². The van der Waals surface area contributed by atoms with Crippen LogP contribution >= 0.6 is 0 Å². The Morgan fingerprint density at radius 3 is 1.69 bits per heavy atom. The van der Waals surface area contributed by atoms with Crippen molar-refractivity contribution in [2.45, 2.75) is 5.41 Å². The topological polar surface area (TPSA) is 29.5 Å². The Hall–Kier alpha value is -7.62. The first-order chi connectivity index (χ1) is 28.8. The minimum absolute atomic E-state index is 0.487. The number of furan rings is 2. The number of anilines is 3. The molecule has 0 unspecified atom stereocenters. The summed E-state index contributed by atoms with van der Waals surface area (Å²) in [6.45, 7) is 0. The molecule has 0 saturated carbocycles. The van der Waals surface area contributed by atoms with Crippen LogP contribution in [0.25, 0.3) is 66.1 Å². The lowest BCUT2D eigenvalue weighted by molar-refractivity contribution is 0.666. The van der Waals surface area contributed by atoms with Crippen molar-refractivity contribution >= 4 is 60.9 Å². The van der Waals surface area contributed by atoms with Crippen LogP contribution in [-0.4, -0.2) is 0 Å². The van der Waals surface area contributed by atoms with E-state index in [9.17, 15) is 0 Å². The molecule has 0 atom stereocenters. The largest absolute Gasteiger partial charge is 0.456 e. The molecule has 272 valence electrons. The van der Waals surface area contributed by atoms with Crippen LogP contribution in [0.15, 0.2) is 221 Å². The first kappa shape index (κ1) is 32.6. The second-order valence-corrected chi connectivity index (χ2v) is 15.2. The van der Waals surface area contributed by atoms with Crippen molar-refractivity contribution in [2.75, 3.05) is 4.90 Å². The second kappa shape index (κ2) is 12.7. The van der Waals surface area contributed by atoms with E-state index in [1.165, 1.54) is 33.4 Å². The molecule has 58 heavy (non-hydrogen) atoms. The van der Waals surface area contributed by atoms with Crippen LogP contribution in [0.5, 0.6) is 0 Å². The molecule has 0 saturated heterocycles. The second-order valence-electron chi connectivity index (χ2n) is 15.2. The number of benzene rings is 9. The van der Waals surface area contributed by atoms with Gasteiger partial charge in [-0.05, 0) is 99.6 Å². The van der Waals surface area contributed by atoms with Gasteiger partial charge >= 0.3 is 0 Å². The Balaban J connectivity index is 1.02. The fourth-order valence-electron chi connectivity index (χ4n) is 9.63. The van der Waals surface area contributed by atoms with Crippen molar-refractivity contribution in [3.8, 4) is 22.3 Å². The zero-order valence-corrected chi connectivity index (χ0v) is 31.5. The zero-order valence-electron chi connectivity index (χ0n) is 31.5. The summed E-state index contributed by atoms with van der Waals surface area (Å²) in [6.07, 6.45) is 0. The lowest BCUT2D eigenvalue weighted by Gasteiger charge is -2.33. The van der Waals surface area contributed by atoms with Gasteiger partial charge in [0.2, 0.25) is 0 Å². The summed E-state index contributed by atoms with van der Waals surface area (Å²) < 4.78 is 13.2. The number of hydrogen-bond donors (Lipinski definition) is 0. The normalized spacial score (nSPS) is 13.0. The molecule has 0 bridgehead atoms. The lowest BCUT2D eigenvalue weighted by Crippen LogP contribution is -2.28. The Morgan fingerprint density at radius 1 is 0.328 bits per heavy atom. The lowest BCUT2D eigenvalue weighted by atomic mass is 9.67. The van der Waals surface area contributed by atoms with E-state index < -0.39 is 5.41 Å². The third-order valence-electron chi connectivity index (χ3n) is 12.1. The van der Waals surface area contributed by atoms with Gasteiger partial charge in [0.15, 0.2) is 0 Å². The van der Waals surface area contributed by atoms with E-state index in [1.54, 1.807) is 0 Å². The Kier molecular flexibility index (Phi) is 7.14. The number of hydrogen-bond acceptors (Lipinski definition) is 3. The molecule has 0 fully saturated rings. The molecule has 0 amide bonds. The third kappa shape index (κ3) is 4.74. The van der Waals surface area contributed by atoms with Crippen molar-refractivity contribution in [1.82, 2.24) is 0 Å². The van der Waals surface area contributed by atoms with Crippen molar-refractivity contribution in [3.05, 3.63) is 235 Å². The molecule has 2 aromatic heterocycles. The van der Waals surface area contributed by atoms with Crippen LogP contribution in [0.3, 0.4) is 0 Å². The van der Waals surface area contributed by atoms with Gasteiger partial charge in [0, 0.05) is 44.2 Å². The first-order valence-electron chi connectivity index (χ1n) is 19.8.